The van der Waals surface area contributed by atoms with Crippen molar-refractivity contribution in [1.29, 1.82) is 0 Å². The van der Waals surface area contributed by atoms with Crippen molar-refractivity contribution in [3.05, 3.63) is 21.6 Å². The highest BCUT2D eigenvalue weighted by Crippen LogP contribution is 2.15. The van der Waals surface area contributed by atoms with E-state index < -0.39 is 4.92 Å². The summed E-state index contributed by atoms with van der Waals surface area (Å²) in [5.74, 6) is 0.473. The van der Waals surface area contributed by atoms with E-state index in [1.165, 1.54) is 0 Å². The lowest BCUT2D eigenvalue weighted by molar-refractivity contribution is -0.390. The predicted octanol–water partition coefficient (Wildman–Crippen LogP) is 0.415. The monoisotopic (exact) mass is 185 g/mol. The number of rotatable bonds is 4. The smallest absolute Gasteiger partial charge is 0.343 e. The molecule has 1 aromatic heterocycles. The van der Waals surface area contributed by atoms with Gasteiger partial charge >= 0.3 is 5.82 Å². The van der Waals surface area contributed by atoms with Crippen molar-refractivity contribution in [1.82, 2.24) is 9.97 Å². The van der Waals surface area contributed by atoms with Crippen molar-refractivity contribution < 1.29 is 10.0 Å². The molecule has 0 saturated heterocycles. The quantitative estimate of drug-likeness (QED) is 0.525. The van der Waals surface area contributed by atoms with Crippen molar-refractivity contribution in [2.45, 2.75) is 19.8 Å². The number of hydrogen-bond donors (Lipinski definition) is 2. The highest BCUT2D eigenvalue weighted by molar-refractivity contribution is 5.28. The van der Waals surface area contributed by atoms with Gasteiger partial charge in [-0.05, 0) is 4.92 Å². The molecule has 1 aromatic rings. The zero-order chi connectivity index (χ0) is 9.84. The number of aliphatic hydroxyl groups excluding tert-OH is 1. The number of aliphatic hydroxyl groups is 1. The summed E-state index contributed by atoms with van der Waals surface area (Å²) < 4.78 is 0. The fourth-order valence-corrected chi connectivity index (χ4v) is 1.05. The number of nitrogens with zero attached hydrogens (tertiary/aromatic N) is 2. The van der Waals surface area contributed by atoms with E-state index in [1.807, 2.05) is 6.92 Å². The van der Waals surface area contributed by atoms with E-state index in [4.69, 9.17) is 5.11 Å². The van der Waals surface area contributed by atoms with Crippen LogP contribution in [0.4, 0.5) is 5.82 Å². The molecule has 0 amide bonds. The van der Waals surface area contributed by atoms with Gasteiger partial charge in [0.1, 0.15) is 5.69 Å². The molecule has 0 radical (unpaired) electrons. The summed E-state index contributed by atoms with van der Waals surface area (Å²) in [6.07, 6.45) is 0.832. The molecule has 0 unspecified atom stereocenters. The number of aromatic nitrogens is 2. The number of aryl methyl sites for hydroxylation is 1. The van der Waals surface area contributed by atoms with Gasteiger partial charge in [-0.3, -0.25) is 0 Å². The molecular weight excluding hydrogens is 174 g/mol. The van der Waals surface area contributed by atoms with Gasteiger partial charge in [0, 0.05) is 19.4 Å². The van der Waals surface area contributed by atoms with Crippen LogP contribution in [0.3, 0.4) is 0 Å². The Morgan fingerprint density at radius 1 is 1.69 bits per heavy atom. The Labute approximate surface area is 74.8 Å². The molecule has 1 heterocycles. The first-order valence-electron chi connectivity index (χ1n) is 4.02. The van der Waals surface area contributed by atoms with E-state index in [-0.39, 0.29) is 18.8 Å². The van der Waals surface area contributed by atoms with Crippen LogP contribution in [0, 0.1) is 10.1 Å². The van der Waals surface area contributed by atoms with Crippen LogP contribution < -0.4 is 0 Å². The summed E-state index contributed by atoms with van der Waals surface area (Å²) in [4.78, 5) is 16.5. The third-order valence-electron chi connectivity index (χ3n) is 1.67. The highest BCUT2D eigenvalue weighted by Gasteiger charge is 2.17. The van der Waals surface area contributed by atoms with Gasteiger partial charge in [0.25, 0.3) is 0 Å². The molecule has 0 aliphatic rings. The van der Waals surface area contributed by atoms with Gasteiger partial charge in [0.2, 0.25) is 0 Å². The minimum Gasteiger partial charge on any atom is -0.396 e. The molecule has 13 heavy (non-hydrogen) atoms. The van der Waals surface area contributed by atoms with E-state index >= 15 is 0 Å². The highest BCUT2D eigenvalue weighted by atomic mass is 16.6. The largest absolute Gasteiger partial charge is 0.396 e. The first-order valence-corrected chi connectivity index (χ1v) is 4.02. The van der Waals surface area contributed by atoms with Crippen molar-refractivity contribution in [2.75, 3.05) is 6.61 Å². The van der Waals surface area contributed by atoms with Crippen LogP contribution in [0.2, 0.25) is 0 Å². The maximum absolute atomic E-state index is 10.5. The van der Waals surface area contributed by atoms with Crippen molar-refractivity contribution >= 4 is 5.82 Å². The van der Waals surface area contributed by atoms with Crippen molar-refractivity contribution in [3.63, 3.8) is 0 Å². The maximum atomic E-state index is 10.5. The summed E-state index contributed by atoms with van der Waals surface area (Å²) in [5.41, 5.74) is 0.323. The SMILES string of the molecule is CCc1nc(CCO)c([N+](=O)[O-])[nH]1. The number of H-pyrrole nitrogens is 1. The lowest BCUT2D eigenvalue weighted by atomic mass is 10.3. The standard InChI is InChI=1S/C7H11N3O3/c1-2-6-8-5(3-4-11)7(9-6)10(12)13/h11H,2-4H2,1H3,(H,8,9). The van der Waals surface area contributed by atoms with E-state index in [9.17, 15) is 10.1 Å². The fourth-order valence-electron chi connectivity index (χ4n) is 1.05. The van der Waals surface area contributed by atoms with Crippen LogP contribution in [0.15, 0.2) is 0 Å². The van der Waals surface area contributed by atoms with Gasteiger partial charge < -0.3 is 15.2 Å². The topological polar surface area (TPSA) is 92.1 Å². The number of imidazole rings is 1. The molecule has 0 aromatic carbocycles. The predicted molar refractivity (Wildman–Crippen MR) is 45.4 cm³/mol. The first kappa shape index (κ1) is 9.66. The van der Waals surface area contributed by atoms with E-state index in [0.29, 0.717) is 17.9 Å². The van der Waals surface area contributed by atoms with E-state index in [1.54, 1.807) is 0 Å². The van der Waals surface area contributed by atoms with E-state index in [2.05, 4.69) is 9.97 Å². The van der Waals surface area contributed by atoms with Crippen LogP contribution in [0.1, 0.15) is 18.4 Å². The van der Waals surface area contributed by atoms with Gasteiger partial charge in [0.05, 0.1) is 0 Å². The Hall–Kier alpha value is -1.43. The van der Waals surface area contributed by atoms with Crippen molar-refractivity contribution in [2.24, 2.45) is 0 Å². The fraction of sp³-hybridized carbons (Fsp3) is 0.571. The van der Waals surface area contributed by atoms with Gasteiger partial charge in [-0.25, -0.2) is 9.97 Å². The summed E-state index contributed by atoms with van der Waals surface area (Å²) in [6.45, 7) is 1.72. The van der Waals surface area contributed by atoms with Gasteiger partial charge in [0.15, 0.2) is 5.82 Å². The third kappa shape index (κ3) is 2.03. The van der Waals surface area contributed by atoms with Crippen LogP contribution in [-0.2, 0) is 12.8 Å². The molecule has 6 nitrogen and oxygen atoms in total. The second kappa shape index (κ2) is 3.99. The Kier molecular flexibility index (Phi) is 2.97. The lowest BCUT2D eigenvalue weighted by Gasteiger charge is -1.92. The second-order valence-electron chi connectivity index (χ2n) is 2.56. The molecule has 0 fully saturated rings. The zero-order valence-electron chi connectivity index (χ0n) is 7.28. The molecule has 0 aliphatic carbocycles. The van der Waals surface area contributed by atoms with Gasteiger partial charge in [-0.1, -0.05) is 6.92 Å². The van der Waals surface area contributed by atoms with Gasteiger partial charge in [-0.15, -0.1) is 0 Å². The summed E-state index contributed by atoms with van der Waals surface area (Å²) in [6, 6.07) is 0. The van der Waals surface area contributed by atoms with E-state index in [0.717, 1.165) is 0 Å². The van der Waals surface area contributed by atoms with Crippen molar-refractivity contribution in [3.8, 4) is 0 Å². The van der Waals surface area contributed by atoms with Crippen LogP contribution in [-0.4, -0.2) is 26.6 Å². The van der Waals surface area contributed by atoms with Crippen LogP contribution in [0.5, 0.6) is 0 Å². The molecule has 2 N–H and O–H groups in total. The third-order valence-corrected chi connectivity index (χ3v) is 1.67. The Balaban J connectivity index is 3.00. The van der Waals surface area contributed by atoms with Crippen LogP contribution in [0.25, 0.3) is 0 Å². The second-order valence-corrected chi connectivity index (χ2v) is 2.56. The maximum Gasteiger partial charge on any atom is 0.343 e. The number of hydrogen-bond acceptors (Lipinski definition) is 4. The van der Waals surface area contributed by atoms with Crippen LogP contribution >= 0.6 is 0 Å². The molecule has 72 valence electrons. The molecule has 6 heteroatoms. The molecule has 0 saturated carbocycles. The molecule has 0 aliphatic heterocycles. The lowest BCUT2D eigenvalue weighted by Crippen LogP contribution is -1.97. The Morgan fingerprint density at radius 2 is 2.38 bits per heavy atom. The molecule has 0 spiro atoms. The minimum atomic E-state index is -0.517. The number of nitro groups is 1. The minimum absolute atomic E-state index is 0.106. The average Bonchev–Trinajstić information content (AvgIpc) is 2.48. The molecule has 0 bridgehead atoms. The summed E-state index contributed by atoms with van der Waals surface area (Å²) >= 11 is 0. The number of nitrogens with one attached hydrogen (secondary N) is 1. The normalized spacial score (nSPS) is 10.3. The average molecular weight is 185 g/mol. The Bertz CT molecular complexity index is 308. The first-order chi connectivity index (χ1) is 6.19. The molecule has 0 atom stereocenters. The molecule has 1 rings (SSSR count). The summed E-state index contributed by atoms with van der Waals surface area (Å²) in [5, 5.41) is 19.1. The number of aromatic amines is 1. The molecular formula is C7H11N3O3. The Morgan fingerprint density at radius 3 is 2.85 bits per heavy atom. The summed E-state index contributed by atoms with van der Waals surface area (Å²) in [7, 11) is 0. The zero-order valence-corrected chi connectivity index (χ0v) is 7.28. The van der Waals surface area contributed by atoms with Gasteiger partial charge in [-0.2, -0.15) is 0 Å².